The number of benzene rings is 1. The normalized spacial score (nSPS) is 10.9. The minimum Gasteiger partial charge on any atom is -0.376 e. The van der Waals surface area contributed by atoms with E-state index < -0.39 is 17.5 Å². The fourth-order valence-electron chi connectivity index (χ4n) is 1.08. The van der Waals surface area contributed by atoms with Crippen LogP contribution in [0.2, 0.25) is 0 Å². The minimum absolute atomic E-state index is 0.0580. The van der Waals surface area contributed by atoms with Gasteiger partial charge in [-0.15, -0.1) is 0 Å². The van der Waals surface area contributed by atoms with Crippen LogP contribution in [0.4, 0.5) is 18.9 Å². The summed E-state index contributed by atoms with van der Waals surface area (Å²) in [6, 6.07) is 5.13. The lowest BCUT2D eigenvalue weighted by atomic mass is 10.1. The van der Waals surface area contributed by atoms with E-state index >= 15 is 0 Å². The second-order valence-electron chi connectivity index (χ2n) is 2.86. The molecule has 1 aromatic rings. The Kier molecular flexibility index (Phi) is 3.48. The number of thiocarbonyl (C=S) groups is 1. The summed E-state index contributed by atoms with van der Waals surface area (Å²) in [6.45, 7) is 0. The van der Waals surface area contributed by atoms with Crippen LogP contribution in [0.25, 0.3) is 0 Å². The molecule has 0 atom stereocenters. The molecule has 1 rings (SSSR count). The second-order valence-corrected chi connectivity index (χ2v) is 3.30. The van der Waals surface area contributed by atoms with Crippen molar-refractivity contribution < 1.29 is 18.0 Å². The first-order chi connectivity index (χ1) is 7.32. The fraction of sp³-hybridized carbons (Fsp3) is 0.111. The van der Waals surface area contributed by atoms with Gasteiger partial charge in [0.1, 0.15) is 0 Å². The Morgan fingerprint density at radius 3 is 2.38 bits per heavy atom. The van der Waals surface area contributed by atoms with Gasteiger partial charge in [0.2, 0.25) is 0 Å². The van der Waals surface area contributed by atoms with Crippen LogP contribution >= 0.6 is 12.2 Å². The monoisotopic (exact) mass is 248 g/mol. The van der Waals surface area contributed by atoms with Gasteiger partial charge in [-0.1, -0.05) is 12.1 Å². The number of Topliss-reactive ketones (excluding diaryl/α,β-unsaturated/α-hetero) is 1. The molecule has 0 spiro atoms. The number of hydrogen-bond donors (Lipinski definition) is 2. The van der Waals surface area contributed by atoms with E-state index in [2.05, 4.69) is 17.5 Å². The number of halogens is 3. The number of para-hydroxylation sites is 1. The standard InChI is InChI=1S/C9H7F3N2OS/c10-9(11,12)7(15)5-3-1-2-4-6(5)14-8(13)16/h1-4H,(H3,13,14,16). The van der Waals surface area contributed by atoms with Crippen molar-refractivity contribution in [1.82, 2.24) is 0 Å². The van der Waals surface area contributed by atoms with E-state index in [4.69, 9.17) is 5.73 Å². The molecule has 0 fully saturated rings. The van der Waals surface area contributed by atoms with Gasteiger partial charge in [0.15, 0.2) is 5.11 Å². The zero-order valence-electron chi connectivity index (χ0n) is 7.84. The highest BCUT2D eigenvalue weighted by atomic mass is 32.1. The fourth-order valence-corrected chi connectivity index (χ4v) is 1.19. The van der Waals surface area contributed by atoms with Gasteiger partial charge in [0.25, 0.3) is 5.78 Å². The van der Waals surface area contributed by atoms with E-state index in [9.17, 15) is 18.0 Å². The van der Waals surface area contributed by atoms with Crippen molar-refractivity contribution >= 4 is 28.8 Å². The highest BCUT2D eigenvalue weighted by Crippen LogP contribution is 2.25. The summed E-state index contributed by atoms with van der Waals surface area (Å²) in [4.78, 5) is 11.0. The first-order valence-electron chi connectivity index (χ1n) is 4.09. The molecule has 0 amide bonds. The molecule has 0 radical (unpaired) electrons. The maximum absolute atomic E-state index is 12.2. The SMILES string of the molecule is NC(=S)Nc1ccccc1C(=O)C(F)(F)F. The van der Waals surface area contributed by atoms with Crippen LogP contribution in [0.5, 0.6) is 0 Å². The molecule has 0 aliphatic carbocycles. The number of anilines is 1. The lowest BCUT2D eigenvalue weighted by Gasteiger charge is -2.11. The smallest absolute Gasteiger partial charge is 0.376 e. The van der Waals surface area contributed by atoms with Crippen molar-refractivity contribution in [3.63, 3.8) is 0 Å². The van der Waals surface area contributed by atoms with Gasteiger partial charge < -0.3 is 11.1 Å². The predicted molar refractivity (Wildman–Crippen MR) is 57.2 cm³/mol. The van der Waals surface area contributed by atoms with Gasteiger partial charge in [0.05, 0.1) is 11.3 Å². The Morgan fingerprint density at radius 1 is 1.31 bits per heavy atom. The molecule has 0 aromatic heterocycles. The average molecular weight is 248 g/mol. The topological polar surface area (TPSA) is 55.1 Å². The number of nitrogens with one attached hydrogen (secondary N) is 1. The van der Waals surface area contributed by atoms with Crippen LogP contribution in [0.15, 0.2) is 24.3 Å². The van der Waals surface area contributed by atoms with Crippen LogP contribution in [0.3, 0.4) is 0 Å². The van der Waals surface area contributed by atoms with Crippen molar-refractivity contribution in [1.29, 1.82) is 0 Å². The molecule has 0 unspecified atom stereocenters. The molecule has 0 saturated carbocycles. The molecule has 0 aliphatic heterocycles. The maximum Gasteiger partial charge on any atom is 0.454 e. The van der Waals surface area contributed by atoms with Crippen molar-refractivity contribution in [2.24, 2.45) is 5.73 Å². The highest BCUT2D eigenvalue weighted by Gasteiger charge is 2.40. The maximum atomic E-state index is 12.2. The summed E-state index contributed by atoms with van der Waals surface area (Å²) >= 11 is 4.49. The van der Waals surface area contributed by atoms with Crippen LogP contribution in [0.1, 0.15) is 10.4 Å². The zero-order valence-corrected chi connectivity index (χ0v) is 8.65. The number of ketones is 1. The third-order valence-corrected chi connectivity index (χ3v) is 1.79. The van der Waals surface area contributed by atoms with E-state index in [0.717, 1.165) is 6.07 Å². The Morgan fingerprint density at radius 2 is 1.88 bits per heavy atom. The summed E-state index contributed by atoms with van der Waals surface area (Å²) < 4.78 is 36.6. The molecule has 16 heavy (non-hydrogen) atoms. The van der Waals surface area contributed by atoms with Gasteiger partial charge >= 0.3 is 6.18 Å². The molecule has 86 valence electrons. The number of alkyl halides is 3. The molecule has 0 bridgehead atoms. The third-order valence-electron chi connectivity index (χ3n) is 1.69. The molecule has 0 heterocycles. The lowest BCUT2D eigenvalue weighted by molar-refractivity contribution is -0.0884. The van der Waals surface area contributed by atoms with E-state index in [1.54, 1.807) is 0 Å². The summed E-state index contributed by atoms with van der Waals surface area (Å²) in [5, 5.41) is 2.11. The first-order valence-corrected chi connectivity index (χ1v) is 4.50. The van der Waals surface area contributed by atoms with E-state index in [1.807, 2.05) is 0 Å². The molecule has 3 nitrogen and oxygen atoms in total. The van der Waals surface area contributed by atoms with Crippen molar-refractivity contribution in [2.45, 2.75) is 6.18 Å². The van der Waals surface area contributed by atoms with Gasteiger partial charge in [-0.05, 0) is 24.4 Å². The molecule has 7 heteroatoms. The van der Waals surface area contributed by atoms with E-state index in [-0.39, 0.29) is 10.8 Å². The van der Waals surface area contributed by atoms with Gasteiger partial charge in [-0.2, -0.15) is 13.2 Å². The number of nitrogens with two attached hydrogens (primary N) is 1. The second kappa shape index (κ2) is 4.48. The number of carbonyl (C=O) groups excluding carboxylic acids is 1. The zero-order chi connectivity index (χ0) is 12.3. The number of carbonyl (C=O) groups is 1. The lowest BCUT2D eigenvalue weighted by Crippen LogP contribution is -2.26. The van der Waals surface area contributed by atoms with Crippen molar-refractivity contribution in [3.05, 3.63) is 29.8 Å². The summed E-state index contributed by atoms with van der Waals surface area (Å²) in [5.74, 6) is -1.94. The first kappa shape index (κ1) is 12.4. The Balaban J connectivity index is 3.13. The molecule has 0 saturated heterocycles. The third kappa shape index (κ3) is 2.93. The number of rotatable bonds is 2. The quantitative estimate of drug-likeness (QED) is 0.621. The van der Waals surface area contributed by atoms with E-state index in [0.29, 0.717) is 0 Å². The molecule has 3 N–H and O–H groups in total. The van der Waals surface area contributed by atoms with Gasteiger partial charge in [-0.25, -0.2) is 0 Å². The Bertz CT molecular complexity index is 431. The summed E-state index contributed by atoms with van der Waals surface area (Å²) in [7, 11) is 0. The van der Waals surface area contributed by atoms with Crippen LogP contribution < -0.4 is 11.1 Å². The number of hydrogen-bond acceptors (Lipinski definition) is 2. The van der Waals surface area contributed by atoms with Crippen LogP contribution in [0, 0.1) is 0 Å². The van der Waals surface area contributed by atoms with Gasteiger partial charge in [0, 0.05) is 0 Å². The molecular weight excluding hydrogens is 241 g/mol. The predicted octanol–water partition coefficient (Wildman–Crippen LogP) is 2.09. The van der Waals surface area contributed by atoms with Crippen molar-refractivity contribution in [2.75, 3.05) is 5.32 Å². The Labute approximate surface area is 94.4 Å². The van der Waals surface area contributed by atoms with E-state index in [1.165, 1.54) is 18.2 Å². The van der Waals surface area contributed by atoms with Gasteiger partial charge in [-0.3, -0.25) is 4.79 Å². The van der Waals surface area contributed by atoms with Crippen molar-refractivity contribution in [3.8, 4) is 0 Å². The summed E-state index contributed by atoms with van der Waals surface area (Å²) in [5.41, 5.74) is 4.56. The molecular formula is C9H7F3N2OS. The van der Waals surface area contributed by atoms with Crippen LogP contribution in [-0.4, -0.2) is 17.1 Å². The molecule has 0 aliphatic rings. The summed E-state index contributed by atoms with van der Waals surface area (Å²) in [6.07, 6.45) is -4.92. The van der Waals surface area contributed by atoms with Crippen LogP contribution in [-0.2, 0) is 0 Å². The average Bonchev–Trinajstić information content (AvgIpc) is 2.15. The Hall–Kier alpha value is -1.63. The molecule has 1 aromatic carbocycles. The largest absolute Gasteiger partial charge is 0.454 e. The highest BCUT2D eigenvalue weighted by molar-refractivity contribution is 7.80. The minimum atomic E-state index is -4.92.